The number of nitro benzene ring substituents is 1. The van der Waals surface area contributed by atoms with Crippen LogP contribution in [0.1, 0.15) is 12.8 Å². The average Bonchev–Trinajstić information content (AvgIpc) is 3.13. The van der Waals surface area contributed by atoms with Crippen LogP contribution in [-0.4, -0.2) is 31.2 Å². The zero-order chi connectivity index (χ0) is 13.1. The lowest BCUT2D eigenvalue weighted by Gasteiger charge is -2.24. The standard InChI is InChI=1S/C12H17N3O3/c1-18-7-6-14(9-2-3-9)10-4-5-12(15(16)17)11(13)8-10/h4-5,8-9H,2-3,6-7,13H2,1H3. The van der Waals surface area contributed by atoms with Crippen LogP contribution in [0, 0.1) is 10.1 Å². The first-order valence-electron chi connectivity index (χ1n) is 5.93. The molecule has 0 saturated heterocycles. The Hall–Kier alpha value is -1.82. The van der Waals surface area contributed by atoms with E-state index >= 15 is 0 Å². The highest BCUT2D eigenvalue weighted by molar-refractivity contribution is 5.67. The summed E-state index contributed by atoms with van der Waals surface area (Å²) in [6, 6.07) is 5.41. The van der Waals surface area contributed by atoms with E-state index in [1.165, 1.54) is 6.07 Å². The van der Waals surface area contributed by atoms with Crippen molar-refractivity contribution in [3.8, 4) is 0 Å². The maximum atomic E-state index is 10.7. The van der Waals surface area contributed by atoms with E-state index in [9.17, 15) is 10.1 Å². The van der Waals surface area contributed by atoms with Crippen molar-refractivity contribution < 1.29 is 9.66 Å². The summed E-state index contributed by atoms with van der Waals surface area (Å²) in [5, 5.41) is 10.7. The van der Waals surface area contributed by atoms with E-state index in [2.05, 4.69) is 4.90 Å². The van der Waals surface area contributed by atoms with Crippen molar-refractivity contribution in [1.29, 1.82) is 0 Å². The Morgan fingerprint density at radius 1 is 1.56 bits per heavy atom. The van der Waals surface area contributed by atoms with Gasteiger partial charge in [-0.1, -0.05) is 0 Å². The van der Waals surface area contributed by atoms with Crippen LogP contribution in [0.5, 0.6) is 0 Å². The maximum Gasteiger partial charge on any atom is 0.292 e. The molecule has 0 aromatic heterocycles. The van der Waals surface area contributed by atoms with E-state index < -0.39 is 4.92 Å². The lowest BCUT2D eigenvalue weighted by atomic mass is 10.2. The molecular formula is C12H17N3O3. The summed E-state index contributed by atoms with van der Waals surface area (Å²) in [7, 11) is 1.66. The predicted molar refractivity (Wildman–Crippen MR) is 69.8 cm³/mol. The second-order valence-electron chi connectivity index (χ2n) is 4.42. The lowest BCUT2D eigenvalue weighted by molar-refractivity contribution is -0.383. The van der Waals surface area contributed by atoms with Crippen molar-refractivity contribution in [3.63, 3.8) is 0 Å². The molecule has 1 fully saturated rings. The lowest BCUT2D eigenvalue weighted by Crippen LogP contribution is -2.29. The molecule has 18 heavy (non-hydrogen) atoms. The third-order valence-corrected chi connectivity index (χ3v) is 3.06. The van der Waals surface area contributed by atoms with Gasteiger partial charge in [0.25, 0.3) is 5.69 Å². The Balaban J connectivity index is 2.19. The highest BCUT2D eigenvalue weighted by Crippen LogP contribution is 2.34. The highest BCUT2D eigenvalue weighted by Gasteiger charge is 2.29. The van der Waals surface area contributed by atoms with E-state index in [-0.39, 0.29) is 11.4 Å². The van der Waals surface area contributed by atoms with Crippen molar-refractivity contribution in [2.75, 3.05) is 30.9 Å². The highest BCUT2D eigenvalue weighted by atomic mass is 16.6. The molecule has 1 aromatic rings. The second-order valence-corrected chi connectivity index (χ2v) is 4.42. The van der Waals surface area contributed by atoms with Gasteiger partial charge in [-0.15, -0.1) is 0 Å². The summed E-state index contributed by atoms with van der Waals surface area (Å²) in [6.45, 7) is 1.41. The number of hydrogen-bond acceptors (Lipinski definition) is 5. The molecule has 1 aliphatic carbocycles. The van der Waals surface area contributed by atoms with Gasteiger partial charge in [-0.05, 0) is 25.0 Å². The molecule has 0 radical (unpaired) electrons. The summed E-state index contributed by atoms with van der Waals surface area (Å²) in [6.07, 6.45) is 2.31. The number of nitrogens with two attached hydrogens (primary N) is 1. The van der Waals surface area contributed by atoms with Crippen molar-refractivity contribution in [2.24, 2.45) is 0 Å². The Bertz CT molecular complexity index is 446. The van der Waals surface area contributed by atoms with Crippen LogP contribution in [0.25, 0.3) is 0 Å². The van der Waals surface area contributed by atoms with Gasteiger partial charge >= 0.3 is 0 Å². The van der Waals surface area contributed by atoms with E-state index in [4.69, 9.17) is 10.5 Å². The van der Waals surface area contributed by atoms with Crippen LogP contribution in [0.15, 0.2) is 18.2 Å². The third-order valence-electron chi connectivity index (χ3n) is 3.06. The van der Waals surface area contributed by atoms with Gasteiger partial charge < -0.3 is 15.4 Å². The number of methoxy groups -OCH3 is 1. The van der Waals surface area contributed by atoms with Gasteiger partial charge in [-0.3, -0.25) is 10.1 Å². The minimum atomic E-state index is -0.463. The van der Waals surface area contributed by atoms with Gasteiger partial charge in [0.2, 0.25) is 0 Å². The van der Waals surface area contributed by atoms with Crippen molar-refractivity contribution in [3.05, 3.63) is 28.3 Å². The molecule has 1 saturated carbocycles. The van der Waals surface area contributed by atoms with Crippen molar-refractivity contribution in [2.45, 2.75) is 18.9 Å². The smallest absolute Gasteiger partial charge is 0.292 e. The number of hydrogen-bond donors (Lipinski definition) is 1. The van der Waals surface area contributed by atoms with Crippen LogP contribution >= 0.6 is 0 Å². The molecular weight excluding hydrogens is 234 g/mol. The SMILES string of the molecule is COCCN(c1ccc([N+](=O)[O-])c(N)c1)C1CC1. The predicted octanol–water partition coefficient (Wildman–Crippen LogP) is 1.79. The normalized spacial score (nSPS) is 14.5. The van der Waals surface area contributed by atoms with Gasteiger partial charge in [0.1, 0.15) is 5.69 Å². The summed E-state index contributed by atoms with van der Waals surface area (Å²) >= 11 is 0. The molecule has 1 aliphatic rings. The Morgan fingerprint density at radius 3 is 2.78 bits per heavy atom. The molecule has 0 unspecified atom stereocenters. The van der Waals surface area contributed by atoms with Crippen LogP contribution in [0.3, 0.4) is 0 Å². The number of ether oxygens (including phenoxy) is 1. The molecule has 98 valence electrons. The molecule has 0 aliphatic heterocycles. The van der Waals surface area contributed by atoms with Gasteiger partial charge in [0.15, 0.2) is 0 Å². The van der Waals surface area contributed by atoms with Crippen LogP contribution in [-0.2, 0) is 4.74 Å². The minimum absolute atomic E-state index is 0.0405. The van der Waals surface area contributed by atoms with Gasteiger partial charge in [-0.2, -0.15) is 0 Å². The van der Waals surface area contributed by atoms with E-state index in [1.54, 1.807) is 19.2 Å². The molecule has 6 nitrogen and oxygen atoms in total. The van der Waals surface area contributed by atoms with Crippen LogP contribution < -0.4 is 10.6 Å². The molecule has 1 aromatic carbocycles. The molecule has 0 heterocycles. The third kappa shape index (κ3) is 2.70. The van der Waals surface area contributed by atoms with Crippen molar-refractivity contribution >= 4 is 17.1 Å². The fourth-order valence-corrected chi connectivity index (χ4v) is 1.99. The van der Waals surface area contributed by atoms with Crippen LogP contribution in [0.2, 0.25) is 0 Å². The first-order valence-corrected chi connectivity index (χ1v) is 5.93. The van der Waals surface area contributed by atoms with Crippen molar-refractivity contribution in [1.82, 2.24) is 0 Å². The maximum absolute atomic E-state index is 10.7. The summed E-state index contributed by atoms with van der Waals surface area (Å²) in [5.41, 5.74) is 6.81. The van der Waals surface area contributed by atoms with Crippen LogP contribution in [0.4, 0.5) is 17.1 Å². The fraction of sp³-hybridized carbons (Fsp3) is 0.500. The largest absolute Gasteiger partial charge is 0.393 e. The molecule has 6 heteroatoms. The Labute approximate surface area is 105 Å². The average molecular weight is 251 g/mol. The topological polar surface area (TPSA) is 81.6 Å². The number of rotatable bonds is 6. The first-order chi connectivity index (χ1) is 8.63. The molecule has 0 bridgehead atoms. The summed E-state index contributed by atoms with van der Waals surface area (Å²) in [4.78, 5) is 12.4. The molecule has 2 rings (SSSR count). The molecule has 0 spiro atoms. The minimum Gasteiger partial charge on any atom is -0.393 e. The Morgan fingerprint density at radius 2 is 2.28 bits per heavy atom. The van der Waals surface area contributed by atoms with Gasteiger partial charge in [0.05, 0.1) is 11.5 Å². The Kier molecular flexibility index (Phi) is 3.66. The van der Waals surface area contributed by atoms with E-state index in [0.29, 0.717) is 12.6 Å². The zero-order valence-electron chi connectivity index (χ0n) is 10.3. The number of nitrogens with zero attached hydrogens (tertiary/aromatic N) is 2. The number of nitro groups is 1. The second kappa shape index (κ2) is 5.22. The quantitative estimate of drug-likeness (QED) is 0.473. The monoisotopic (exact) mass is 251 g/mol. The van der Waals surface area contributed by atoms with E-state index in [1.807, 2.05) is 0 Å². The summed E-state index contributed by atoms with van der Waals surface area (Å²) < 4.78 is 5.08. The van der Waals surface area contributed by atoms with E-state index in [0.717, 1.165) is 25.1 Å². The number of anilines is 2. The van der Waals surface area contributed by atoms with Gasteiger partial charge in [0, 0.05) is 31.5 Å². The first kappa shape index (κ1) is 12.6. The molecule has 0 atom stereocenters. The number of nitrogen functional groups attached to an aromatic ring is 1. The zero-order valence-corrected chi connectivity index (χ0v) is 10.3. The summed E-state index contributed by atoms with van der Waals surface area (Å²) in [5.74, 6) is 0. The van der Waals surface area contributed by atoms with Gasteiger partial charge in [-0.25, -0.2) is 0 Å². The number of benzene rings is 1. The molecule has 0 amide bonds. The fourth-order valence-electron chi connectivity index (χ4n) is 1.99. The molecule has 2 N–H and O–H groups in total.